The minimum Gasteiger partial charge on any atom is -0.356 e. The molecule has 2 aromatic heterocycles. The number of alkyl halides is 1. The van der Waals surface area contributed by atoms with E-state index in [1.54, 1.807) is 12.4 Å². The molecule has 1 N–H and O–H groups in total. The molecule has 0 spiro atoms. The monoisotopic (exact) mass is 409 g/mol. The van der Waals surface area contributed by atoms with E-state index >= 15 is 0 Å². The predicted octanol–water partition coefficient (Wildman–Crippen LogP) is 4.50. The van der Waals surface area contributed by atoms with E-state index in [9.17, 15) is 4.39 Å². The number of hydrogen-bond acceptors (Lipinski definition) is 4. The molecular formula is C21H19ClFN6. The Morgan fingerprint density at radius 2 is 2.03 bits per heavy atom. The number of benzene rings is 2. The van der Waals surface area contributed by atoms with Crippen LogP contribution < -0.4 is 4.90 Å². The van der Waals surface area contributed by atoms with Crippen LogP contribution in [0.1, 0.15) is 29.4 Å². The lowest BCUT2D eigenvalue weighted by molar-refractivity contribution is 0.355. The highest BCUT2D eigenvalue weighted by Crippen LogP contribution is 2.40. The maximum Gasteiger partial charge on any atom is 0.130 e. The maximum absolute atomic E-state index is 14.6. The third kappa shape index (κ3) is 3.06. The normalized spacial score (nSPS) is 19.4. The number of aromatic nitrogens is 5. The van der Waals surface area contributed by atoms with Gasteiger partial charge < -0.3 is 9.88 Å². The number of nitrogens with zero attached hydrogens (tertiary/aromatic N) is 5. The summed E-state index contributed by atoms with van der Waals surface area (Å²) in [6.07, 6.45) is 2.62. The quantitative estimate of drug-likeness (QED) is 0.541. The van der Waals surface area contributed by atoms with Crippen LogP contribution in [0.5, 0.6) is 0 Å². The number of anilines is 1. The highest BCUT2D eigenvalue weighted by molar-refractivity contribution is 6.32. The van der Waals surface area contributed by atoms with Crippen LogP contribution in [-0.4, -0.2) is 37.7 Å². The molecule has 2 aromatic carbocycles. The molecule has 0 unspecified atom stereocenters. The first-order valence-electron chi connectivity index (χ1n) is 9.45. The fourth-order valence-corrected chi connectivity index (χ4v) is 4.12. The molecule has 1 aliphatic rings. The molecule has 1 saturated heterocycles. The highest BCUT2D eigenvalue weighted by Gasteiger charge is 2.37. The van der Waals surface area contributed by atoms with Gasteiger partial charge in [0.15, 0.2) is 0 Å². The van der Waals surface area contributed by atoms with Crippen molar-refractivity contribution in [2.24, 2.45) is 0 Å². The van der Waals surface area contributed by atoms with Gasteiger partial charge in [-0.1, -0.05) is 11.6 Å². The molecule has 1 aliphatic heterocycles. The summed E-state index contributed by atoms with van der Waals surface area (Å²) in [6, 6.07) is 10.7. The van der Waals surface area contributed by atoms with Crippen molar-refractivity contribution in [2.45, 2.75) is 32.5 Å². The van der Waals surface area contributed by atoms with E-state index in [2.05, 4.69) is 21.2 Å². The van der Waals surface area contributed by atoms with Crippen LogP contribution in [0.15, 0.2) is 36.7 Å². The Balaban J connectivity index is 1.63. The fourth-order valence-electron chi connectivity index (χ4n) is 3.97. The van der Waals surface area contributed by atoms with Crippen molar-refractivity contribution in [3.8, 4) is 5.69 Å². The summed E-state index contributed by atoms with van der Waals surface area (Å²) in [5.41, 5.74) is 5.19. The van der Waals surface area contributed by atoms with Crippen LogP contribution in [0.25, 0.3) is 16.7 Å². The molecule has 8 heteroatoms. The smallest absolute Gasteiger partial charge is 0.130 e. The zero-order valence-corrected chi connectivity index (χ0v) is 16.8. The van der Waals surface area contributed by atoms with Crippen molar-refractivity contribution in [3.63, 3.8) is 0 Å². The Bertz CT molecular complexity index is 1190. The molecule has 147 valence electrons. The maximum atomic E-state index is 14.6. The summed E-state index contributed by atoms with van der Waals surface area (Å²) < 4.78 is 14.6. The minimum atomic E-state index is -0.961. The first-order chi connectivity index (χ1) is 14.0. The van der Waals surface area contributed by atoms with Gasteiger partial charge in [-0.15, -0.1) is 4.80 Å². The lowest BCUT2D eigenvalue weighted by Crippen LogP contribution is -2.26. The van der Waals surface area contributed by atoms with Crippen LogP contribution >= 0.6 is 11.6 Å². The van der Waals surface area contributed by atoms with Gasteiger partial charge >= 0.3 is 0 Å². The predicted molar refractivity (Wildman–Crippen MR) is 110 cm³/mol. The van der Waals surface area contributed by atoms with E-state index in [0.29, 0.717) is 17.1 Å². The molecule has 29 heavy (non-hydrogen) atoms. The summed E-state index contributed by atoms with van der Waals surface area (Å²) in [6.45, 7) is 4.20. The number of nitrogens with one attached hydrogen (secondary N) is 1. The number of halogens is 2. The number of H-pyrrole nitrogens is 1. The third-order valence-electron chi connectivity index (χ3n) is 5.40. The van der Waals surface area contributed by atoms with Gasteiger partial charge in [-0.25, -0.2) is 9.37 Å². The second kappa shape index (κ2) is 6.84. The number of rotatable bonds is 3. The summed E-state index contributed by atoms with van der Waals surface area (Å²) in [5, 5.41) is 9.14. The lowest BCUT2D eigenvalue weighted by Gasteiger charge is -2.27. The molecular weight excluding hydrogens is 391 g/mol. The highest BCUT2D eigenvalue weighted by atomic mass is 35.5. The van der Waals surface area contributed by atoms with E-state index in [-0.39, 0.29) is 12.6 Å². The average molecular weight is 410 g/mol. The molecule has 0 aliphatic carbocycles. The van der Waals surface area contributed by atoms with Crippen molar-refractivity contribution < 1.29 is 4.39 Å². The van der Waals surface area contributed by atoms with Crippen LogP contribution in [0, 0.1) is 19.9 Å². The summed E-state index contributed by atoms with van der Waals surface area (Å²) >= 11 is 6.25. The van der Waals surface area contributed by atoms with Gasteiger partial charge in [0.25, 0.3) is 0 Å². The van der Waals surface area contributed by atoms with Gasteiger partial charge in [0, 0.05) is 17.5 Å². The largest absolute Gasteiger partial charge is 0.356 e. The summed E-state index contributed by atoms with van der Waals surface area (Å²) in [5.74, 6) is 0.728. The Kier molecular flexibility index (Phi) is 4.28. The lowest BCUT2D eigenvalue weighted by atomic mass is 10.1. The van der Waals surface area contributed by atoms with E-state index in [0.717, 1.165) is 33.7 Å². The van der Waals surface area contributed by atoms with Crippen molar-refractivity contribution in [1.29, 1.82) is 0 Å². The van der Waals surface area contributed by atoms with Gasteiger partial charge in [-0.2, -0.15) is 10.2 Å². The third-order valence-corrected chi connectivity index (χ3v) is 5.81. The molecule has 0 bridgehead atoms. The number of hydrogen-bond donors (Lipinski definition) is 1. The molecule has 1 fully saturated rings. The van der Waals surface area contributed by atoms with Gasteiger partial charge in [0.2, 0.25) is 0 Å². The molecule has 5 rings (SSSR count). The standard InChI is InChI=1S/C21H19ClFN6/c1-12-3-6-17(29-24-7-8-25-29)18(9-12)28-11-14(23)10-19(28)21-26-16-5-4-15(22)13(2)20(16)27-21/h3-5,7-9,14,19H,10-11H2,1-2H3,(H,26,27)/t14-,19-/m0/s1. The minimum absolute atomic E-state index is 0.236. The zero-order valence-electron chi connectivity index (χ0n) is 16.0. The molecule has 1 radical (unpaired) electrons. The average Bonchev–Trinajstić information content (AvgIpc) is 3.44. The number of fused-ring (bicyclic) bond motifs is 1. The molecule has 0 amide bonds. The van der Waals surface area contributed by atoms with Crippen LogP contribution in [0.4, 0.5) is 10.1 Å². The molecule has 4 aromatic rings. The van der Waals surface area contributed by atoms with Crippen molar-refractivity contribution in [3.05, 3.63) is 64.7 Å². The topological polar surface area (TPSA) is 62.6 Å². The fraction of sp³-hybridized carbons (Fsp3) is 0.286. The van der Waals surface area contributed by atoms with Crippen molar-refractivity contribution >= 4 is 28.3 Å². The van der Waals surface area contributed by atoms with E-state index in [1.807, 2.05) is 43.0 Å². The second-order valence-corrected chi connectivity index (χ2v) is 7.83. The summed E-state index contributed by atoms with van der Waals surface area (Å²) in [7, 11) is 0. The van der Waals surface area contributed by atoms with Crippen LogP contribution in [0.3, 0.4) is 0 Å². The van der Waals surface area contributed by atoms with Crippen LogP contribution in [-0.2, 0) is 0 Å². The van der Waals surface area contributed by atoms with E-state index in [4.69, 9.17) is 16.6 Å². The first-order valence-corrected chi connectivity index (χ1v) is 9.83. The Morgan fingerprint density at radius 1 is 1.24 bits per heavy atom. The van der Waals surface area contributed by atoms with Gasteiger partial charge in [0.05, 0.1) is 41.7 Å². The summed E-state index contributed by atoms with van der Waals surface area (Å²) in [4.78, 5) is 11.7. The number of aryl methyl sites for hydroxylation is 2. The Labute approximate surface area is 172 Å². The number of imidazole rings is 1. The van der Waals surface area contributed by atoms with Crippen LogP contribution in [0.2, 0.25) is 5.02 Å². The first kappa shape index (κ1) is 18.1. The van der Waals surface area contributed by atoms with Gasteiger partial charge in [-0.05, 0) is 49.2 Å². The van der Waals surface area contributed by atoms with Gasteiger partial charge in [0.1, 0.15) is 17.7 Å². The second-order valence-electron chi connectivity index (χ2n) is 7.42. The van der Waals surface area contributed by atoms with Crippen molar-refractivity contribution in [1.82, 2.24) is 25.0 Å². The van der Waals surface area contributed by atoms with Crippen molar-refractivity contribution in [2.75, 3.05) is 11.4 Å². The Hall–Kier alpha value is -2.93. The Morgan fingerprint density at radius 3 is 2.83 bits per heavy atom. The van der Waals surface area contributed by atoms with E-state index < -0.39 is 6.17 Å². The SMILES string of the molecule is Cc1c[c]c(-n2nccn2)c(N2C[C@@H](F)C[C@H]2c2nc3c(C)c(Cl)ccc3[nH]2)c1. The molecule has 2 atom stereocenters. The molecule has 6 nitrogen and oxygen atoms in total. The molecule has 0 saturated carbocycles. The van der Waals surface area contributed by atoms with E-state index in [1.165, 1.54) is 4.80 Å². The zero-order chi connectivity index (χ0) is 20.1. The van der Waals surface area contributed by atoms with Gasteiger partial charge in [-0.3, -0.25) is 0 Å². The molecule has 3 heterocycles. The number of aromatic amines is 1.